The molecule has 4 fully saturated rings. The van der Waals surface area contributed by atoms with E-state index in [0.29, 0.717) is 16.9 Å². The molecule has 0 radical (unpaired) electrons. The lowest BCUT2D eigenvalue weighted by Gasteiger charge is -2.58. The van der Waals surface area contributed by atoms with E-state index in [1.165, 1.54) is 76.0 Å². The molecule has 0 spiro atoms. The summed E-state index contributed by atoms with van der Waals surface area (Å²) >= 11 is 1.45. The maximum Gasteiger partial charge on any atom is 0.132 e. The van der Waals surface area contributed by atoms with Crippen LogP contribution < -0.4 is 0 Å². The highest BCUT2D eigenvalue weighted by Crippen LogP contribution is 2.67. The number of hydrogen-bond donors (Lipinski definition) is 4. The quantitative estimate of drug-likeness (QED) is 0.106. The van der Waals surface area contributed by atoms with E-state index in [4.69, 9.17) is 9.47 Å². The van der Waals surface area contributed by atoms with Gasteiger partial charge in [-0.05, 0) is 116 Å². The summed E-state index contributed by atoms with van der Waals surface area (Å²) < 4.78 is 12.1. The van der Waals surface area contributed by atoms with Crippen molar-refractivity contribution in [3.8, 4) is 0 Å². The summed E-state index contributed by atoms with van der Waals surface area (Å²) in [4.78, 5) is 0. The molecule has 0 aromatic rings. The van der Waals surface area contributed by atoms with E-state index in [1.807, 2.05) is 0 Å². The number of ether oxygens (including phenoxy) is 2. The summed E-state index contributed by atoms with van der Waals surface area (Å²) in [5.74, 6) is 6.10. The molecule has 1 heterocycles. The molecule has 1 saturated heterocycles. The van der Waals surface area contributed by atoms with Crippen molar-refractivity contribution in [1.82, 2.24) is 0 Å². The number of unbranched alkanes of at least 4 members (excludes halogenated alkanes) is 3. The van der Waals surface area contributed by atoms with Gasteiger partial charge in [-0.1, -0.05) is 78.4 Å². The van der Waals surface area contributed by atoms with E-state index in [1.54, 1.807) is 5.57 Å². The first-order valence-electron chi connectivity index (χ1n) is 19.2. The van der Waals surface area contributed by atoms with Crippen LogP contribution in [0.4, 0.5) is 0 Å². The molecule has 3 saturated carbocycles. The second-order valence-electron chi connectivity index (χ2n) is 17.0. The molecule has 0 aromatic carbocycles. The molecule has 5 rings (SSSR count). The normalized spacial score (nSPS) is 43.1. The smallest absolute Gasteiger partial charge is 0.132 e. The van der Waals surface area contributed by atoms with Crippen molar-refractivity contribution >= 4 is 11.8 Å². The van der Waals surface area contributed by atoms with Gasteiger partial charge in [0.1, 0.15) is 29.9 Å². The second-order valence-corrected chi connectivity index (χ2v) is 18.2. The number of fused-ring (bicyclic) bond motifs is 5. The van der Waals surface area contributed by atoms with Gasteiger partial charge in [-0.3, -0.25) is 0 Å². The van der Waals surface area contributed by atoms with Gasteiger partial charge in [0.15, 0.2) is 0 Å². The van der Waals surface area contributed by atoms with Crippen LogP contribution in [0.3, 0.4) is 0 Å². The van der Waals surface area contributed by atoms with E-state index in [9.17, 15) is 20.4 Å². The molecule has 7 heteroatoms. The van der Waals surface area contributed by atoms with Gasteiger partial charge in [-0.15, -0.1) is 11.8 Å². The van der Waals surface area contributed by atoms with Crippen molar-refractivity contribution < 1.29 is 29.9 Å². The minimum Gasteiger partial charge on any atom is -0.394 e. The zero-order chi connectivity index (χ0) is 33.1. The summed E-state index contributed by atoms with van der Waals surface area (Å²) in [7, 11) is 0. The van der Waals surface area contributed by atoms with E-state index >= 15 is 0 Å². The Hall–Kier alpha value is -0.150. The van der Waals surface area contributed by atoms with Gasteiger partial charge < -0.3 is 29.9 Å². The molecule has 0 aromatic heterocycles. The first kappa shape index (κ1) is 37.1. The SMILES string of the molecule is CC(C)CCCC(C)[C@H]1CC[C@H]2C3CC=C4C[C@@H](OCCCCCCS[C@H]5O[C@H](CO)[C@@H](O)[C@H](O)[C@@H]5O)CC[C@]4(C)[C@H]3CC[C@]12C. The van der Waals surface area contributed by atoms with Gasteiger partial charge in [-0.25, -0.2) is 0 Å². The minimum absolute atomic E-state index is 0.369. The number of rotatable bonds is 15. The molecule has 4 aliphatic carbocycles. The van der Waals surface area contributed by atoms with Crippen molar-refractivity contribution in [3.63, 3.8) is 0 Å². The predicted octanol–water partition coefficient (Wildman–Crippen LogP) is 7.51. The molecule has 2 unspecified atom stereocenters. The molecule has 13 atom stereocenters. The number of thioether (sulfide) groups is 1. The van der Waals surface area contributed by atoms with E-state index in [2.05, 4.69) is 40.7 Å². The summed E-state index contributed by atoms with van der Waals surface area (Å²) in [5.41, 5.74) is 2.03. The molecule has 4 N–H and O–H groups in total. The van der Waals surface area contributed by atoms with Crippen LogP contribution in [0.25, 0.3) is 0 Å². The Bertz CT molecular complexity index is 988. The van der Waals surface area contributed by atoms with Crippen molar-refractivity contribution in [2.45, 2.75) is 167 Å². The lowest BCUT2D eigenvalue weighted by atomic mass is 9.47. The molecule has 46 heavy (non-hydrogen) atoms. The molecular formula is C39H68O6S. The topological polar surface area (TPSA) is 99.4 Å². The molecule has 266 valence electrons. The van der Waals surface area contributed by atoms with Gasteiger partial charge in [0.05, 0.1) is 12.7 Å². The molecule has 5 aliphatic rings. The van der Waals surface area contributed by atoms with Gasteiger partial charge in [0.2, 0.25) is 0 Å². The molecular weight excluding hydrogens is 596 g/mol. The number of hydrogen-bond acceptors (Lipinski definition) is 7. The highest BCUT2D eigenvalue weighted by molar-refractivity contribution is 7.99. The highest BCUT2D eigenvalue weighted by Gasteiger charge is 2.59. The third kappa shape index (κ3) is 7.92. The molecule has 0 bridgehead atoms. The zero-order valence-electron chi connectivity index (χ0n) is 29.7. The first-order chi connectivity index (χ1) is 22.0. The highest BCUT2D eigenvalue weighted by atomic mass is 32.2. The Kier molecular flexibility index (Phi) is 13.1. The Morgan fingerprint density at radius 2 is 1.67 bits per heavy atom. The van der Waals surface area contributed by atoms with Crippen molar-refractivity contribution in [2.75, 3.05) is 19.0 Å². The maximum atomic E-state index is 10.2. The third-order valence-electron chi connectivity index (χ3n) is 13.8. The largest absolute Gasteiger partial charge is 0.394 e. The van der Waals surface area contributed by atoms with Crippen LogP contribution in [-0.2, 0) is 9.47 Å². The fourth-order valence-corrected chi connectivity index (χ4v) is 12.2. The van der Waals surface area contributed by atoms with Crippen molar-refractivity contribution in [3.05, 3.63) is 11.6 Å². The summed E-state index contributed by atoms with van der Waals surface area (Å²) in [6.45, 7) is 13.1. The van der Waals surface area contributed by atoms with E-state index in [0.717, 1.165) is 80.0 Å². The molecule has 0 amide bonds. The standard InChI is InChI=1S/C39H68O6S/c1-25(2)11-10-12-26(3)30-15-16-31-29-14-13-27-23-28(17-19-38(27,4)32(29)18-20-39(30,31)5)44-21-8-6-7-9-22-46-37-36(43)35(42)34(41)33(24-40)45-37/h13,25-26,28-37,40-43H,6-12,14-24H2,1-5H3/t26?,28-,29?,30+,31-,32-,33+,34+,35-,36-,37+,38-,39+/m0/s1. The fraction of sp³-hybridized carbons (Fsp3) is 0.949. The number of allylic oxidation sites excluding steroid dienone is 1. The monoisotopic (exact) mass is 664 g/mol. The van der Waals surface area contributed by atoms with Gasteiger partial charge in [0, 0.05) is 6.61 Å². The van der Waals surface area contributed by atoms with Gasteiger partial charge in [-0.2, -0.15) is 0 Å². The van der Waals surface area contributed by atoms with Crippen molar-refractivity contribution in [2.24, 2.45) is 46.3 Å². The minimum atomic E-state index is -1.29. The Balaban J connectivity index is 1.02. The summed E-state index contributed by atoms with van der Waals surface area (Å²) in [6.07, 6.45) is 17.7. The van der Waals surface area contributed by atoms with Crippen LogP contribution in [0, 0.1) is 46.3 Å². The van der Waals surface area contributed by atoms with Crippen LogP contribution in [0.5, 0.6) is 0 Å². The van der Waals surface area contributed by atoms with Crippen LogP contribution in [0.2, 0.25) is 0 Å². The second kappa shape index (κ2) is 16.2. The van der Waals surface area contributed by atoms with Crippen molar-refractivity contribution in [1.29, 1.82) is 0 Å². The number of aliphatic hydroxyl groups is 4. The number of aliphatic hydroxyl groups excluding tert-OH is 4. The zero-order valence-corrected chi connectivity index (χ0v) is 30.6. The Morgan fingerprint density at radius 1 is 0.891 bits per heavy atom. The Labute approximate surface area is 284 Å². The predicted molar refractivity (Wildman–Crippen MR) is 187 cm³/mol. The van der Waals surface area contributed by atoms with Crippen LogP contribution in [-0.4, -0.2) is 75.3 Å². The Morgan fingerprint density at radius 3 is 2.43 bits per heavy atom. The van der Waals surface area contributed by atoms with Gasteiger partial charge >= 0.3 is 0 Å². The maximum absolute atomic E-state index is 10.2. The average molecular weight is 665 g/mol. The van der Waals surface area contributed by atoms with Gasteiger partial charge in [0.25, 0.3) is 0 Å². The van der Waals surface area contributed by atoms with Crippen LogP contribution in [0.1, 0.15) is 131 Å². The third-order valence-corrected chi connectivity index (χ3v) is 15.0. The molecule has 6 nitrogen and oxygen atoms in total. The fourth-order valence-electron chi connectivity index (χ4n) is 11.0. The summed E-state index contributed by atoms with van der Waals surface area (Å²) in [6, 6.07) is 0. The van der Waals surface area contributed by atoms with E-state index < -0.39 is 29.9 Å². The van der Waals surface area contributed by atoms with Crippen LogP contribution in [0.15, 0.2) is 11.6 Å². The lowest BCUT2D eigenvalue weighted by molar-refractivity contribution is -0.205. The average Bonchev–Trinajstić information content (AvgIpc) is 3.39. The lowest BCUT2D eigenvalue weighted by Crippen LogP contribution is -2.57. The van der Waals surface area contributed by atoms with E-state index in [-0.39, 0.29) is 6.61 Å². The molecule has 1 aliphatic heterocycles. The first-order valence-corrected chi connectivity index (χ1v) is 20.3. The van der Waals surface area contributed by atoms with Crippen LogP contribution >= 0.6 is 11.8 Å². The summed E-state index contributed by atoms with van der Waals surface area (Å²) in [5, 5.41) is 39.5.